The molecule has 0 aliphatic carbocycles. The van der Waals surface area contributed by atoms with Crippen LogP contribution in [0.25, 0.3) is 0 Å². The third-order valence-electron chi connectivity index (χ3n) is 5.29. The summed E-state index contributed by atoms with van der Waals surface area (Å²) < 4.78 is 24.1. The summed E-state index contributed by atoms with van der Waals surface area (Å²) in [4.78, 5) is 40.6. The average molecular weight is 472 g/mol. The highest BCUT2D eigenvalue weighted by molar-refractivity contribution is 9.10. The smallest absolute Gasteiger partial charge is 0.325 e. The van der Waals surface area contributed by atoms with Crippen LogP contribution in [0.1, 0.15) is 25.8 Å². The number of sulfone groups is 1. The van der Waals surface area contributed by atoms with Crippen LogP contribution in [0.3, 0.4) is 0 Å². The van der Waals surface area contributed by atoms with E-state index in [0.717, 1.165) is 4.90 Å². The molecule has 2 heterocycles. The molecule has 2 aliphatic heterocycles. The quantitative estimate of drug-likeness (QED) is 0.650. The average Bonchev–Trinajstić information content (AvgIpc) is 3.08. The molecule has 28 heavy (non-hydrogen) atoms. The number of likely N-dealkylation sites (N-methyl/N-ethyl adjacent to an activating group) is 1. The molecule has 2 aliphatic rings. The lowest BCUT2D eigenvalue weighted by Crippen LogP contribution is -2.48. The highest BCUT2D eigenvalue weighted by Crippen LogP contribution is 2.33. The van der Waals surface area contributed by atoms with Gasteiger partial charge in [0.25, 0.3) is 5.91 Å². The lowest BCUT2D eigenvalue weighted by Gasteiger charge is -2.28. The minimum absolute atomic E-state index is 0.0463. The van der Waals surface area contributed by atoms with Crippen molar-refractivity contribution >= 4 is 43.6 Å². The topological polar surface area (TPSA) is 104 Å². The Morgan fingerprint density at radius 2 is 2.04 bits per heavy atom. The van der Waals surface area contributed by atoms with Gasteiger partial charge in [0.15, 0.2) is 9.84 Å². The summed E-state index contributed by atoms with van der Waals surface area (Å²) in [6, 6.07) is 6.00. The molecule has 4 amide bonds. The van der Waals surface area contributed by atoms with E-state index in [4.69, 9.17) is 0 Å². The van der Waals surface area contributed by atoms with Gasteiger partial charge in [-0.3, -0.25) is 14.5 Å². The SMILES string of the molecule is CCN(C(=O)CN1C(=O)NC(C)(c2ccccc2Br)C1=O)C1CCS(=O)(=O)C1. The Morgan fingerprint density at radius 3 is 2.61 bits per heavy atom. The van der Waals surface area contributed by atoms with Crippen molar-refractivity contribution in [1.82, 2.24) is 15.1 Å². The van der Waals surface area contributed by atoms with Gasteiger partial charge in [-0.1, -0.05) is 34.1 Å². The fraction of sp³-hybridized carbons (Fsp3) is 0.500. The zero-order chi connectivity index (χ0) is 20.7. The number of amides is 4. The van der Waals surface area contributed by atoms with Crippen LogP contribution in [0.5, 0.6) is 0 Å². The second kappa shape index (κ2) is 7.47. The Hall–Kier alpha value is -1.94. The summed E-state index contributed by atoms with van der Waals surface area (Å²) in [5.41, 5.74) is -0.692. The van der Waals surface area contributed by atoms with Crippen LogP contribution < -0.4 is 5.32 Å². The second-order valence-corrected chi connectivity index (χ2v) is 10.2. The fourth-order valence-electron chi connectivity index (χ4n) is 3.78. The van der Waals surface area contributed by atoms with Gasteiger partial charge in [0, 0.05) is 22.6 Å². The van der Waals surface area contributed by atoms with Crippen LogP contribution in [0.15, 0.2) is 28.7 Å². The van der Waals surface area contributed by atoms with E-state index in [2.05, 4.69) is 21.2 Å². The molecule has 1 aromatic carbocycles. The van der Waals surface area contributed by atoms with Crippen molar-refractivity contribution in [3.63, 3.8) is 0 Å². The molecule has 1 N–H and O–H groups in total. The number of hydrogen-bond acceptors (Lipinski definition) is 5. The summed E-state index contributed by atoms with van der Waals surface area (Å²) in [6.45, 7) is 3.23. The first-order chi connectivity index (χ1) is 13.1. The maximum absolute atomic E-state index is 13.0. The van der Waals surface area contributed by atoms with E-state index in [-0.39, 0.29) is 11.5 Å². The van der Waals surface area contributed by atoms with Gasteiger partial charge in [-0.25, -0.2) is 13.2 Å². The summed E-state index contributed by atoms with van der Waals surface area (Å²) in [7, 11) is -3.15. The minimum atomic E-state index is -3.15. The van der Waals surface area contributed by atoms with E-state index in [9.17, 15) is 22.8 Å². The number of nitrogens with zero attached hydrogens (tertiary/aromatic N) is 2. The lowest BCUT2D eigenvalue weighted by molar-refractivity contribution is -0.139. The first-order valence-corrected chi connectivity index (χ1v) is 11.6. The molecular formula is C18H22BrN3O5S. The van der Waals surface area contributed by atoms with Crippen molar-refractivity contribution in [2.75, 3.05) is 24.6 Å². The van der Waals surface area contributed by atoms with Crippen molar-refractivity contribution in [3.8, 4) is 0 Å². The molecule has 10 heteroatoms. The van der Waals surface area contributed by atoms with Crippen LogP contribution in [-0.4, -0.2) is 66.7 Å². The van der Waals surface area contributed by atoms with Crippen LogP contribution >= 0.6 is 15.9 Å². The molecule has 2 atom stereocenters. The second-order valence-electron chi connectivity index (χ2n) is 7.16. The Labute approximate surface area is 172 Å². The maximum Gasteiger partial charge on any atom is 0.325 e. The number of urea groups is 1. The van der Waals surface area contributed by atoms with Crippen LogP contribution in [0.4, 0.5) is 4.79 Å². The van der Waals surface area contributed by atoms with Crippen LogP contribution in [0.2, 0.25) is 0 Å². The number of imide groups is 1. The first-order valence-electron chi connectivity index (χ1n) is 8.98. The summed E-state index contributed by atoms with van der Waals surface area (Å²) in [5, 5.41) is 2.67. The molecule has 0 bridgehead atoms. The largest absolute Gasteiger partial charge is 0.337 e. The van der Waals surface area contributed by atoms with Crippen molar-refractivity contribution in [1.29, 1.82) is 0 Å². The van der Waals surface area contributed by atoms with Gasteiger partial charge >= 0.3 is 6.03 Å². The van der Waals surface area contributed by atoms with E-state index >= 15 is 0 Å². The molecule has 3 rings (SSSR count). The maximum atomic E-state index is 13.0. The van der Waals surface area contributed by atoms with Crippen molar-refractivity contribution < 1.29 is 22.8 Å². The van der Waals surface area contributed by atoms with Crippen LogP contribution in [-0.2, 0) is 25.0 Å². The number of benzene rings is 1. The third-order valence-corrected chi connectivity index (χ3v) is 7.73. The fourth-order valence-corrected chi connectivity index (χ4v) is 6.19. The van der Waals surface area contributed by atoms with Gasteiger partial charge in [0.05, 0.1) is 11.5 Å². The molecule has 0 radical (unpaired) electrons. The third kappa shape index (κ3) is 3.67. The van der Waals surface area contributed by atoms with Crippen LogP contribution in [0, 0.1) is 0 Å². The highest BCUT2D eigenvalue weighted by Gasteiger charge is 2.50. The van der Waals surface area contributed by atoms with E-state index < -0.39 is 45.8 Å². The standard InChI is InChI=1S/C18H22BrN3O5S/c1-3-21(12-8-9-28(26,27)11-12)15(23)10-22-16(24)18(2,20-17(22)25)13-6-4-5-7-14(13)19/h4-7,12H,3,8-11H2,1-2H3,(H,20,25). The van der Waals surface area contributed by atoms with Gasteiger partial charge in [-0.15, -0.1) is 0 Å². The van der Waals surface area contributed by atoms with E-state index in [1.165, 1.54) is 4.90 Å². The molecular weight excluding hydrogens is 450 g/mol. The molecule has 0 saturated carbocycles. The number of rotatable bonds is 5. The van der Waals surface area contributed by atoms with Crippen molar-refractivity contribution in [2.24, 2.45) is 0 Å². The first kappa shape index (κ1) is 20.8. The minimum Gasteiger partial charge on any atom is -0.337 e. The highest BCUT2D eigenvalue weighted by atomic mass is 79.9. The number of halogens is 1. The molecule has 0 spiro atoms. The Bertz CT molecular complexity index is 935. The Balaban J connectivity index is 1.79. The molecule has 2 unspecified atom stereocenters. The van der Waals surface area contributed by atoms with E-state index in [1.54, 1.807) is 38.1 Å². The Morgan fingerprint density at radius 1 is 1.36 bits per heavy atom. The predicted molar refractivity (Wildman–Crippen MR) is 106 cm³/mol. The van der Waals surface area contributed by atoms with E-state index in [0.29, 0.717) is 23.0 Å². The molecule has 2 saturated heterocycles. The normalized spacial score (nSPS) is 26.4. The van der Waals surface area contributed by atoms with E-state index in [1.807, 2.05) is 0 Å². The molecule has 1 aromatic rings. The number of hydrogen-bond donors (Lipinski definition) is 1. The molecule has 0 aromatic heterocycles. The number of carbonyl (C=O) groups is 3. The lowest BCUT2D eigenvalue weighted by atomic mass is 9.92. The summed E-state index contributed by atoms with van der Waals surface area (Å²) in [6.07, 6.45) is 0.372. The van der Waals surface area contributed by atoms with Gasteiger partial charge in [-0.05, 0) is 26.3 Å². The predicted octanol–water partition coefficient (Wildman–Crippen LogP) is 1.25. The molecule has 8 nitrogen and oxygen atoms in total. The van der Waals surface area contributed by atoms with Gasteiger partial charge in [-0.2, -0.15) is 0 Å². The number of nitrogens with one attached hydrogen (secondary N) is 1. The Kier molecular flexibility index (Phi) is 5.55. The zero-order valence-corrected chi connectivity index (χ0v) is 18.0. The summed E-state index contributed by atoms with van der Waals surface area (Å²) in [5.74, 6) is -0.996. The zero-order valence-electron chi connectivity index (χ0n) is 15.6. The number of carbonyl (C=O) groups excluding carboxylic acids is 3. The monoisotopic (exact) mass is 471 g/mol. The summed E-state index contributed by atoms with van der Waals surface area (Å²) >= 11 is 3.40. The molecule has 2 fully saturated rings. The van der Waals surface area contributed by atoms with Gasteiger partial charge < -0.3 is 10.2 Å². The van der Waals surface area contributed by atoms with Gasteiger partial charge in [0.2, 0.25) is 5.91 Å². The molecule has 152 valence electrons. The van der Waals surface area contributed by atoms with Gasteiger partial charge in [0.1, 0.15) is 12.1 Å². The van der Waals surface area contributed by atoms with Crippen molar-refractivity contribution in [2.45, 2.75) is 31.8 Å². The van der Waals surface area contributed by atoms with Crippen molar-refractivity contribution in [3.05, 3.63) is 34.3 Å².